The second-order valence-corrected chi connectivity index (χ2v) is 7.61. The van der Waals surface area contributed by atoms with Crippen LogP contribution < -0.4 is 10.6 Å². The third kappa shape index (κ3) is 4.67. The summed E-state index contributed by atoms with van der Waals surface area (Å²) in [7, 11) is 0. The zero-order valence-corrected chi connectivity index (χ0v) is 15.6. The zero-order valence-electron chi connectivity index (χ0n) is 15.6. The van der Waals surface area contributed by atoms with E-state index in [0.29, 0.717) is 29.9 Å². The Morgan fingerprint density at radius 3 is 2.52 bits per heavy atom. The quantitative estimate of drug-likeness (QED) is 0.812. The molecular weight excluding hydrogens is 338 g/mol. The maximum atomic E-state index is 12.9. The van der Waals surface area contributed by atoms with E-state index in [1.54, 1.807) is 18.2 Å². The van der Waals surface area contributed by atoms with Gasteiger partial charge in [0.05, 0.1) is 0 Å². The van der Waals surface area contributed by atoms with Crippen LogP contribution in [0.15, 0.2) is 48.5 Å². The summed E-state index contributed by atoms with van der Waals surface area (Å²) in [6, 6.07) is 15.9. The summed E-state index contributed by atoms with van der Waals surface area (Å²) in [4.78, 5) is 27.0. The number of carbonyl (C=O) groups excluding carboxylic acids is 2. The van der Waals surface area contributed by atoms with Crippen LogP contribution in [-0.4, -0.2) is 28.9 Å². The van der Waals surface area contributed by atoms with Crippen molar-refractivity contribution in [2.45, 2.75) is 51.2 Å². The number of nitrogens with one attached hydrogen (secondary N) is 2. The summed E-state index contributed by atoms with van der Waals surface area (Å²) < 4.78 is 0. The number of hydrogen-bond donors (Lipinski definition) is 2. The molecule has 0 heterocycles. The third-order valence-electron chi connectivity index (χ3n) is 4.97. The van der Waals surface area contributed by atoms with Gasteiger partial charge in [0.2, 0.25) is 0 Å². The summed E-state index contributed by atoms with van der Waals surface area (Å²) in [6.45, 7) is 2.66. The first kappa shape index (κ1) is 17.6. The van der Waals surface area contributed by atoms with E-state index in [2.05, 4.69) is 35.8 Å². The fourth-order valence-electron chi connectivity index (χ4n) is 3.19. The molecule has 5 nitrogen and oxygen atoms in total. The Morgan fingerprint density at radius 1 is 1.04 bits per heavy atom. The molecule has 2 aliphatic rings. The van der Waals surface area contributed by atoms with E-state index in [-0.39, 0.29) is 11.9 Å². The van der Waals surface area contributed by atoms with Gasteiger partial charge in [-0.3, -0.25) is 4.79 Å². The molecule has 2 fully saturated rings. The Bertz CT molecular complexity index is 856. The van der Waals surface area contributed by atoms with Gasteiger partial charge in [-0.2, -0.15) is 0 Å². The Labute approximate surface area is 159 Å². The first-order valence-corrected chi connectivity index (χ1v) is 9.62. The van der Waals surface area contributed by atoms with E-state index in [0.717, 1.165) is 31.2 Å². The van der Waals surface area contributed by atoms with Crippen molar-refractivity contribution in [1.29, 1.82) is 0 Å². The maximum absolute atomic E-state index is 12.9. The van der Waals surface area contributed by atoms with Gasteiger partial charge in [-0.1, -0.05) is 35.9 Å². The molecule has 5 heteroatoms. The highest BCUT2D eigenvalue weighted by atomic mass is 16.2. The predicted octanol–water partition coefficient (Wildman–Crippen LogP) is 4.08. The Balaban J connectivity index is 1.44. The molecule has 0 bridgehead atoms. The highest BCUT2D eigenvalue weighted by molar-refractivity contribution is 5.97. The largest absolute Gasteiger partial charge is 0.349 e. The zero-order chi connectivity index (χ0) is 18.8. The lowest BCUT2D eigenvalue weighted by molar-refractivity contribution is 0.0951. The van der Waals surface area contributed by atoms with Crippen molar-refractivity contribution in [2.24, 2.45) is 0 Å². The number of rotatable bonds is 6. The Morgan fingerprint density at radius 2 is 1.81 bits per heavy atom. The molecule has 140 valence electrons. The predicted molar refractivity (Wildman–Crippen MR) is 106 cm³/mol. The van der Waals surface area contributed by atoms with Gasteiger partial charge in [-0.05, 0) is 56.4 Å². The normalized spacial score (nSPS) is 15.9. The van der Waals surface area contributed by atoms with Crippen molar-refractivity contribution in [1.82, 2.24) is 10.2 Å². The molecule has 0 atom stereocenters. The lowest BCUT2D eigenvalue weighted by Gasteiger charge is -2.23. The molecular formula is C22H25N3O2. The topological polar surface area (TPSA) is 61.4 Å². The number of hydrogen-bond acceptors (Lipinski definition) is 2. The maximum Gasteiger partial charge on any atom is 0.322 e. The van der Waals surface area contributed by atoms with Gasteiger partial charge in [0.25, 0.3) is 5.91 Å². The van der Waals surface area contributed by atoms with E-state index >= 15 is 0 Å². The Hall–Kier alpha value is -2.82. The van der Waals surface area contributed by atoms with Gasteiger partial charge in [0.15, 0.2) is 0 Å². The van der Waals surface area contributed by atoms with E-state index in [1.807, 2.05) is 17.0 Å². The summed E-state index contributed by atoms with van der Waals surface area (Å²) in [5, 5.41) is 5.95. The molecule has 0 spiro atoms. The minimum atomic E-state index is -0.112. The van der Waals surface area contributed by atoms with Crippen molar-refractivity contribution in [3.05, 3.63) is 65.2 Å². The van der Waals surface area contributed by atoms with Crippen LogP contribution in [-0.2, 0) is 6.54 Å². The van der Waals surface area contributed by atoms with Crippen molar-refractivity contribution < 1.29 is 9.59 Å². The monoisotopic (exact) mass is 363 g/mol. The van der Waals surface area contributed by atoms with Gasteiger partial charge >= 0.3 is 6.03 Å². The fourth-order valence-corrected chi connectivity index (χ4v) is 3.19. The van der Waals surface area contributed by atoms with Crippen LogP contribution in [0.5, 0.6) is 0 Å². The van der Waals surface area contributed by atoms with Crippen molar-refractivity contribution in [2.75, 3.05) is 5.32 Å². The van der Waals surface area contributed by atoms with Gasteiger partial charge in [-0.15, -0.1) is 0 Å². The first-order chi connectivity index (χ1) is 13.1. The standard InChI is InChI=1S/C22H25N3O2/c1-15-4-2-5-16(12-15)14-25(20-10-11-20)22(27)24-19-7-3-6-17(13-19)21(26)23-18-8-9-18/h2-7,12-13,18,20H,8-11,14H2,1H3,(H,23,26)(H,24,27). The van der Waals surface area contributed by atoms with E-state index < -0.39 is 0 Å². The van der Waals surface area contributed by atoms with Gasteiger partial charge in [0, 0.05) is 29.9 Å². The molecule has 2 aliphatic carbocycles. The lowest BCUT2D eigenvalue weighted by atomic mass is 10.1. The molecule has 0 aliphatic heterocycles. The highest BCUT2D eigenvalue weighted by Gasteiger charge is 2.32. The van der Waals surface area contributed by atoms with Crippen LogP contribution in [0.4, 0.5) is 10.5 Å². The number of amides is 3. The summed E-state index contributed by atoms with van der Waals surface area (Å²) >= 11 is 0. The second kappa shape index (κ2) is 7.43. The number of aryl methyl sites for hydroxylation is 1. The van der Waals surface area contributed by atoms with Gasteiger partial charge in [-0.25, -0.2) is 4.79 Å². The first-order valence-electron chi connectivity index (χ1n) is 9.62. The third-order valence-corrected chi connectivity index (χ3v) is 4.97. The smallest absolute Gasteiger partial charge is 0.322 e. The lowest BCUT2D eigenvalue weighted by Crippen LogP contribution is -2.36. The summed E-state index contributed by atoms with van der Waals surface area (Å²) in [5.41, 5.74) is 3.56. The average Bonchev–Trinajstić information content (AvgIpc) is 3.54. The minimum Gasteiger partial charge on any atom is -0.349 e. The molecule has 0 aromatic heterocycles. The summed E-state index contributed by atoms with van der Waals surface area (Å²) in [5.74, 6) is -0.0765. The van der Waals surface area contributed by atoms with Crippen LogP contribution in [0.3, 0.4) is 0 Å². The van der Waals surface area contributed by atoms with E-state index in [1.165, 1.54) is 5.56 Å². The average molecular weight is 363 g/mol. The number of anilines is 1. The van der Waals surface area contributed by atoms with Crippen molar-refractivity contribution >= 4 is 17.6 Å². The van der Waals surface area contributed by atoms with Crippen LogP contribution in [0.1, 0.15) is 47.2 Å². The van der Waals surface area contributed by atoms with Crippen LogP contribution in [0.2, 0.25) is 0 Å². The minimum absolute atomic E-state index is 0.0765. The van der Waals surface area contributed by atoms with E-state index in [4.69, 9.17) is 0 Å². The molecule has 2 saturated carbocycles. The van der Waals surface area contributed by atoms with Crippen molar-refractivity contribution in [3.8, 4) is 0 Å². The number of benzene rings is 2. The highest BCUT2D eigenvalue weighted by Crippen LogP contribution is 2.29. The number of carbonyl (C=O) groups is 2. The molecule has 0 radical (unpaired) electrons. The second-order valence-electron chi connectivity index (χ2n) is 7.61. The molecule has 0 saturated heterocycles. The molecule has 2 N–H and O–H groups in total. The van der Waals surface area contributed by atoms with Crippen molar-refractivity contribution in [3.63, 3.8) is 0 Å². The molecule has 0 unspecified atom stereocenters. The van der Waals surface area contributed by atoms with Crippen LogP contribution in [0, 0.1) is 6.92 Å². The molecule has 2 aromatic carbocycles. The van der Waals surface area contributed by atoms with Crippen LogP contribution >= 0.6 is 0 Å². The fraction of sp³-hybridized carbons (Fsp3) is 0.364. The Kier molecular flexibility index (Phi) is 4.84. The number of urea groups is 1. The number of nitrogens with zero attached hydrogens (tertiary/aromatic N) is 1. The molecule has 27 heavy (non-hydrogen) atoms. The molecule has 3 amide bonds. The molecule has 4 rings (SSSR count). The van der Waals surface area contributed by atoms with Crippen LogP contribution in [0.25, 0.3) is 0 Å². The molecule has 2 aromatic rings. The van der Waals surface area contributed by atoms with E-state index in [9.17, 15) is 9.59 Å². The summed E-state index contributed by atoms with van der Waals surface area (Å²) in [6.07, 6.45) is 4.20. The van der Waals surface area contributed by atoms with Gasteiger partial charge in [0.1, 0.15) is 0 Å². The SMILES string of the molecule is Cc1cccc(CN(C(=O)Nc2cccc(C(=O)NC3CC3)c2)C2CC2)c1. The van der Waals surface area contributed by atoms with Gasteiger partial charge < -0.3 is 15.5 Å².